The zero-order valence-electron chi connectivity index (χ0n) is 23.7. The van der Waals surface area contributed by atoms with E-state index in [9.17, 15) is 19.5 Å². The Bertz CT molecular complexity index is 1410. The Morgan fingerprint density at radius 3 is 2.36 bits per heavy atom. The zero-order chi connectivity index (χ0) is 29.9. The molecule has 42 heavy (non-hydrogen) atoms. The normalized spacial score (nSPS) is 11.6. The number of ether oxygens (including phenoxy) is 6. The van der Waals surface area contributed by atoms with Crippen molar-refractivity contribution in [3.63, 3.8) is 0 Å². The monoisotopic (exact) mass is 578 g/mol. The van der Waals surface area contributed by atoms with E-state index in [4.69, 9.17) is 28.4 Å². The summed E-state index contributed by atoms with van der Waals surface area (Å²) in [4.78, 5) is 35.7. The molecule has 4 rings (SSSR count). The molecule has 0 fully saturated rings. The van der Waals surface area contributed by atoms with E-state index in [1.165, 1.54) is 6.07 Å². The Hall–Kier alpha value is -4.73. The predicted molar refractivity (Wildman–Crippen MR) is 152 cm³/mol. The second-order valence-corrected chi connectivity index (χ2v) is 9.36. The van der Waals surface area contributed by atoms with Crippen molar-refractivity contribution >= 4 is 17.9 Å². The van der Waals surface area contributed by atoms with Crippen molar-refractivity contribution < 1.29 is 47.9 Å². The molecule has 0 saturated carbocycles. The number of carboxylic acid groups (broad SMARTS) is 1. The summed E-state index contributed by atoms with van der Waals surface area (Å²) in [5, 5.41) is 9.74. The number of aromatic carboxylic acids is 1. The molecule has 1 N–H and O–H groups in total. The number of carbonyl (C=O) groups is 3. The zero-order valence-corrected chi connectivity index (χ0v) is 23.7. The van der Waals surface area contributed by atoms with Crippen LogP contribution in [0.15, 0.2) is 54.6 Å². The van der Waals surface area contributed by atoms with Gasteiger partial charge in [-0.2, -0.15) is 0 Å². The lowest BCUT2D eigenvalue weighted by Gasteiger charge is -2.17. The summed E-state index contributed by atoms with van der Waals surface area (Å²) >= 11 is 0. The number of fused-ring (bicyclic) bond motifs is 1. The highest BCUT2D eigenvalue weighted by molar-refractivity contribution is 5.90. The molecular formula is C32H34O10. The second kappa shape index (κ2) is 14.8. The number of hydrogen-bond donors (Lipinski definition) is 1. The first-order valence-corrected chi connectivity index (χ1v) is 13.8. The van der Waals surface area contributed by atoms with Crippen LogP contribution in [0.25, 0.3) is 11.1 Å². The molecule has 0 bridgehead atoms. The van der Waals surface area contributed by atoms with E-state index in [1.807, 2.05) is 18.2 Å². The average molecular weight is 579 g/mol. The summed E-state index contributed by atoms with van der Waals surface area (Å²) in [6.45, 7) is 4.64. The highest BCUT2D eigenvalue weighted by Gasteiger charge is 2.17. The molecule has 0 amide bonds. The number of carboxylic acids is 1. The molecule has 10 nitrogen and oxygen atoms in total. The predicted octanol–water partition coefficient (Wildman–Crippen LogP) is 5.58. The summed E-state index contributed by atoms with van der Waals surface area (Å²) < 4.78 is 33.0. The van der Waals surface area contributed by atoms with Crippen LogP contribution in [0.2, 0.25) is 0 Å². The van der Waals surface area contributed by atoms with Crippen LogP contribution in [-0.4, -0.2) is 49.6 Å². The third-order valence-corrected chi connectivity index (χ3v) is 6.46. The van der Waals surface area contributed by atoms with Crippen LogP contribution in [-0.2, 0) is 32.1 Å². The Morgan fingerprint density at radius 1 is 0.833 bits per heavy atom. The first-order valence-electron chi connectivity index (χ1n) is 13.8. The third-order valence-electron chi connectivity index (χ3n) is 6.46. The molecule has 0 saturated heterocycles. The molecule has 0 radical (unpaired) electrons. The number of carbonyl (C=O) groups excluding carboxylic acids is 2. The molecule has 0 unspecified atom stereocenters. The quantitative estimate of drug-likeness (QED) is 0.180. The van der Waals surface area contributed by atoms with Gasteiger partial charge in [-0.05, 0) is 79.8 Å². The highest BCUT2D eigenvalue weighted by Crippen LogP contribution is 2.37. The van der Waals surface area contributed by atoms with E-state index < -0.39 is 5.97 Å². The minimum Gasteiger partial charge on any atom is -0.493 e. The number of benzene rings is 3. The Kier molecular flexibility index (Phi) is 10.6. The maximum atomic E-state index is 12.1. The van der Waals surface area contributed by atoms with Gasteiger partial charge in [-0.15, -0.1) is 0 Å². The molecule has 0 aromatic heterocycles. The summed E-state index contributed by atoms with van der Waals surface area (Å²) in [7, 11) is 0. The fourth-order valence-electron chi connectivity index (χ4n) is 4.47. The van der Waals surface area contributed by atoms with Gasteiger partial charge in [-0.3, -0.25) is 9.59 Å². The molecular weight excluding hydrogens is 544 g/mol. The fraction of sp³-hybridized carbons (Fsp3) is 0.344. The van der Waals surface area contributed by atoms with Crippen LogP contribution in [0.5, 0.6) is 23.0 Å². The van der Waals surface area contributed by atoms with Gasteiger partial charge in [0.2, 0.25) is 6.79 Å². The lowest BCUT2D eigenvalue weighted by molar-refractivity contribution is -0.144. The first kappa shape index (κ1) is 30.2. The van der Waals surface area contributed by atoms with E-state index in [-0.39, 0.29) is 57.0 Å². The van der Waals surface area contributed by atoms with Gasteiger partial charge in [0.1, 0.15) is 18.1 Å². The summed E-state index contributed by atoms with van der Waals surface area (Å²) in [5.41, 5.74) is 3.01. The van der Waals surface area contributed by atoms with E-state index in [0.717, 1.165) is 16.7 Å². The number of rotatable bonds is 15. The van der Waals surface area contributed by atoms with Crippen molar-refractivity contribution in [2.45, 2.75) is 46.1 Å². The van der Waals surface area contributed by atoms with Crippen LogP contribution < -0.4 is 18.9 Å². The number of esters is 2. The fourth-order valence-corrected chi connectivity index (χ4v) is 4.47. The summed E-state index contributed by atoms with van der Waals surface area (Å²) in [6, 6.07) is 15.7. The lowest BCUT2D eigenvalue weighted by Crippen LogP contribution is -2.11. The van der Waals surface area contributed by atoms with Crippen molar-refractivity contribution in [1.82, 2.24) is 0 Å². The largest absolute Gasteiger partial charge is 0.493 e. The second-order valence-electron chi connectivity index (χ2n) is 9.36. The van der Waals surface area contributed by atoms with Gasteiger partial charge in [-0.25, -0.2) is 4.79 Å². The van der Waals surface area contributed by atoms with Crippen molar-refractivity contribution in [2.75, 3.05) is 26.6 Å². The average Bonchev–Trinajstić information content (AvgIpc) is 3.46. The van der Waals surface area contributed by atoms with Gasteiger partial charge in [0.05, 0.1) is 25.4 Å². The molecule has 222 valence electrons. The Labute approximate surface area is 244 Å². The van der Waals surface area contributed by atoms with Gasteiger partial charge in [0.15, 0.2) is 11.5 Å². The molecule has 0 aliphatic carbocycles. The van der Waals surface area contributed by atoms with Crippen LogP contribution in [0.4, 0.5) is 0 Å². The van der Waals surface area contributed by atoms with Gasteiger partial charge >= 0.3 is 17.9 Å². The van der Waals surface area contributed by atoms with E-state index >= 15 is 0 Å². The van der Waals surface area contributed by atoms with Crippen LogP contribution >= 0.6 is 0 Å². The molecule has 1 aliphatic heterocycles. The van der Waals surface area contributed by atoms with Crippen molar-refractivity contribution in [3.8, 4) is 34.1 Å². The molecule has 3 aromatic carbocycles. The van der Waals surface area contributed by atoms with E-state index in [1.54, 1.807) is 44.2 Å². The lowest BCUT2D eigenvalue weighted by atomic mass is 10.0. The summed E-state index contributed by atoms with van der Waals surface area (Å²) in [5.74, 6) is 0.447. The minimum atomic E-state index is -1.09. The van der Waals surface area contributed by atoms with E-state index in [0.29, 0.717) is 48.0 Å². The molecule has 0 atom stereocenters. The van der Waals surface area contributed by atoms with Crippen molar-refractivity contribution in [1.29, 1.82) is 0 Å². The van der Waals surface area contributed by atoms with Gasteiger partial charge in [0.25, 0.3) is 0 Å². The maximum Gasteiger partial charge on any atom is 0.335 e. The van der Waals surface area contributed by atoms with Gasteiger partial charge < -0.3 is 33.5 Å². The molecule has 10 heteroatoms. The van der Waals surface area contributed by atoms with Crippen LogP contribution in [0.3, 0.4) is 0 Å². The first-order chi connectivity index (χ1) is 20.4. The maximum absolute atomic E-state index is 12.1. The standard InChI is InChI=1S/C32H34O10/c1-3-37-30(33)9-6-14-39-27-8-5-7-22(26(27)11-13-31(34)38-4-2)19-40-25-16-23(15-24(17-25)32(35)36)21-10-12-28-29(18-21)42-20-41-28/h5,7-8,10,12,15-18H,3-4,6,9,11,13-14,19-20H2,1-2H3,(H,35,36). The molecule has 3 aromatic rings. The van der Waals surface area contributed by atoms with Gasteiger partial charge in [0, 0.05) is 18.4 Å². The molecule has 1 heterocycles. The van der Waals surface area contributed by atoms with Crippen LogP contribution in [0, 0.1) is 0 Å². The summed E-state index contributed by atoms with van der Waals surface area (Å²) in [6.07, 6.45) is 1.21. The Balaban J connectivity index is 1.54. The van der Waals surface area contributed by atoms with E-state index in [2.05, 4.69) is 0 Å². The molecule has 1 aliphatic rings. The highest BCUT2D eigenvalue weighted by atomic mass is 16.7. The molecule has 0 spiro atoms. The minimum absolute atomic E-state index is 0.0707. The SMILES string of the molecule is CCOC(=O)CCCOc1cccc(COc2cc(C(=O)O)cc(-c3ccc4c(c3)OCO4)c2)c1CCC(=O)OCC. The number of hydrogen-bond acceptors (Lipinski definition) is 9. The third kappa shape index (κ3) is 8.15. The van der Waals surface area contributed by atoms with Crippen molar-refractivity contribution in [2.24, 2.45) is 0 Å². The van der Waals surface area contributed by atoms with Gasteiger partial charge in [-0.1, -0.05) is 18.2 Å². The Morgan fingerprint density at radius 2 is 1.60 bits per heavy atom. The topological polar surface area (TPSA) is 127 Å². The van der Waals surface area contributed by atoms with Crippen LogP contribution in [0.1, 0.15) is 54.6 Å². The van der Waals surface area contributed by atoms with Crippen molar-refractivity contribution in [3.05, 3.63) is 71.3 Å². The smallest absolute Gasteiger partial charge is 0.335 e.